The molecule has 0 aliphatic heterocycles. The molecule has 1 aromatic heterocycles. The van der Waals surface area contributed by atoms with E-state index in [1.54, 1.807) is 0 Å². The van der Waals surface area contributed by atoms with Gasteiger partial charge in [0.15, 0.2) is 6.61 Å². The number of carboxylic acids is 1. The van der Waals surface area contributed by atoms with Crippen LogP contribution in [0.25, 0.3) is 5.69 Å². The van der Waals surface area contributed by atoms with E-state index in [9.17, 15) is 4.79 Å². The minimum atomic E-state index is -1.00. The molecule has 1 fully saturated rings. The lowest BCUT2D eigenvalue weighted by Crippen LogP contribution is -2.10. The summed E-state index contributed by atoms with van der Waals surface area (Å²) in [5, 5.41) is 13.0. The summed E-state index contributed by atoms with van der Waals surface area (Å²) in [4.78, 5) is 10.6. The largest absolute Gasteiger partial charge is 0.479 e. The van der Waals surface area contributed by atoms with E-state index in [1.807, 2.05) is 35.0 Å². The monoisotopic (exact) mass is 336 g/mol. The van der Waals surface area contributed by atoms with Crippen molar-refractivity contribution in [3.05, 3.63) is 40.5 Å². The average molecular weight is 337 g/mol. The minimum absolute atomic E-state index is 0.359. The highest BCUT2D eigenvalue weighted by molar-refractivity contribution is 9.10. The number of carboxylic acid groups (broad SMARTS) is 1. The number of nitrogens with zero attached hydrogens (tertiary/aromatic N) is 2. The number of benzene rings is 1. The van der Waals surface area contributed by atoms with Gasteiger partial charge in [0.1, 0.15) is 0 Å². The molecule has 0 bridgehead atoms. The molecular formula is C14H13BrN2O3. The molecule has 0 atom stereocenters. The Kier molecular flexibility index (Phi) is 3.48. The third-order valence-electron chi connectivity index (χ3n) is 3.12. The van der Waals surface area contributed by atoms with Gasteiger partial charge < -0.3 is 9.84 Å². The maximum absolute atomic E-state index is 10.6. The number of halogens is 1. The van der Waals surface area contributed by atoms with Crippen LogP contribution in [0.5, 0.6) is 5.88 Å². The molecule has 0 radical (unpaired) electrons. The second kappa shape index (κ2) is 5.28. The fraction of sp³-hybridized carbons (Fsp3) is 0.286. The number of aliphatic carboxylic acids is 1. The first-order valence-corrected chi connectivity index (χ1v) is 7.13. The van der Waals surface area contributed by atoms with Gasteiger partial charge >= 0.3 is 5.97 Å². The van der Waals surface area contributed by atoms with Crippen LogP contribution in [0.1, 0.15) is 24.5 Å². The first-order valence-electron chi connectivity index (χ1n) is 6.34. The molecule has 3 rings (SSSR count). The summed E-state index contributed by atoms with van der Waals surface area (Å²) in [5.74, 6) is -0.151. The summed E-state index contributed by atoms with van der Waals surface area (Å²) in [5.41, 5.74) is 2.02. The number of hydrogen-bond acceptors (Lipinski definition) is 3. The topological polar surface area (TPSA) is 64.3 Å². The Morgan fingerprint density at radius 2 is 2.10 bits per heavy atom. The zero-order chi connectivity index (χ0) is 14.1. The van der Waals surface area contributed by atoms with E-state index in [1.165, 1.54) is 0 Å². The molecule has 1 aliphatic rings. The molecule has 1 heterocycles. The Labute approximate surface area is 124 Å². The molecule has 0 saturated heterocycles. The highest BCUT2D eigenvalue weighted by atomic mass is 79.9. The second-order valence-corrected chi connectivity index (χ2v) is 5.67. The summed E-state index contributed by atoms with van der Waals surface area (Å²) in [6.45, 7) is -0.374. The van der Waals surface area contributed by atoms with Crippen molar-refractivity contribution in [1.82, 2.24) is 9.78 Å². The van der Waals surface area contributed by atoms with Crippen LogP contribution in [-0.4, -0.2) is 27.5 Å². The molecule has 1 aromatic carbocycles. The lowest BCUT2D eigenvalue weighted by Gasteiger charge is -2.06. The molecular weight excluding hydrogens is 324 g/mol. The van der Waals surface area contributed by atoms with Crippen LogP contribution in [0, 0.1) is 0 Å². The van der Waals surface area contributed by atoms with E-state index in [2.05, 4.69) is 21.0 Å². The quantitative estimate of drug-likeness (QED) is 0.911. The maximum Gasteiger partial charge on any atom is 0.341 e. The van der Waals surface area contributed by atoms with Gasteiger partial charge in [0.25, 0.3) is 0 Å². The van der Waals surface area contributed by atoms with Gasteiger partial charge in [-0.15, -0.1) is 5.10 Å². The first-order chi connectivity index (χ1) is 9.63. The van der Waals surface area contributed by atoms with Crippen molar-refractivity contribution in [3.63, 3.8) is 0 Å². The van der Waals surface area contributed by atoms with Crippen LogP contribution < -0.4 is 4.74 Å². The van der Waals surface area contributed by atoms with Gasteiger partial charge in [0.05, 0.1) is 11.4 Å². The lowest BCUT2D eigenvalue weighted by molar-refractivity contribution is -0.139. The van der Waals surface area contributed by atoms with Crippen molar-refractivity contribution in [2.45, 2.75) is 18.8 Å². The smallest absolute Gasteiger partial charge is 0.341 e. The molecule has 5 nitrogen and oxygen atoms in total. The van der Waals surface area contributed by atoms with E-state index < -0.39 is 5.97 Å². The van der Waals surface area contributed by atoms with Gasteiger partial charge in [0, 0.05) is 16.5 Å². The molecule has 20 heavy (non-hydrogen) atoms. The second-order valence-electron chi connectivity index (χ2n) is 4.75. The normalized spacial score (nSPS) is 14.2. The molecule has 0 amide bonds. The average Bonchev–Trinajstić information content (AvgIpc) is 3.18. The van der Waals surface area contributed by atoms with E-state index in [0.717, 1.165) is 28.7 Å². The predicted molar refractivity (Wildman–Crippen MR) is 76.4 cm³/mol. The van der Waals surface area contributed by atoms with Gasteiger partial charge in [-0.1, -0.05) is 15.9 Å². The van der Waals surface area contributed by atoms with Crippen LogP contribution in [0.15, 0.2) is 34.8 Å². The summed E-state index contributed by atoms with van der Waals surface area (Å²) in [6, 6.07) is 9.66. The first kappa shape index (κ1) is 13.2. The number of aromatic nitrogens is 2. The number of carbonyl (C=O) groups is 1. The van der Waals surface area contributed by atoms with E-state index >= 15 is 0 Å². The van der Waals surface area contributed by atoms with Crippen molar-refractivity contribution < 1.29 is 14.6 Å². The molecule has 1 aliphatic carbocycles. The highest BCUT2D eigenvalue weighted by Gasteiger charge is 2.29. The molecule has 1 N–H and O–H groups in total. The fourth-order valence-corrected chi connectivity index (χ4v) is 2.30. The van der Waals surface area contributed by atoms with Gasteiger partial charge in [-0.3, -0.25) is 0 Å². The van der Waals surface area contributed by atoms with Gasteiger partial charge in [-0.05, 0) is 37.1 Å². The van der Waals surface area contributed by atoms with Crippen molar-refractivity contribution >= 4 is 21.9 Å². The van der Waals surface area contributed by atoms with Crippen molar-refractivity contribution in [2.75, 3.05) is 6.61 Å². The molecule has 0 spiro atoms. The zero-order valence-electron chi connectivity index (χ0n) is 10.6. The Hall–Kier alpha value is -1.82. The Bertz CT molecular complexity index is 632. The highest BCUT2D eigenvalue weighted by Crippen LogP contribution is 2.42. The van der Waals surface area contributed by atoms with Gasteiger partial charge in [-0.2, -0.15) is 0 Å². The van der Waals surface area contributed by atoms with Crippen LogP contribution in [-0.2, 0) is 4.79 Å². The molecule has 6 heteroatoms. The third kappa shape index (κ3) is 2.85. The number of hydrogen-bond donors (Lipinski definition) is 1. The van der Waals surface area contributed by atoms with Crippen molar-refractivity contribution in [1.29, 1.82) is 0 Å². The van der Waals surface area contributed by atoms with E-state index in [4.69, 9.17) is 9.84 Å². The summed E-state index contributed by atoms with van der Waals surface area (Å²) in [6.07, 6.45) is 2.28. The van der Waals surface area contributed by atoms with Crippen molar-refractivity contribution in [3.8, 4) is 11.6 Å². The van der Waals surface area contributed by atoms with Crippen molar-refractivity contribution in [2.24, 2.45) is 0 Å². The summed E-state index contributed by atoms with van der Waals surface area (Å²) >= 11 is 3.40. The Morgan fingerprint density at radius 1 is 1.40 bits per heavy atom. The van der Waals surface area contributed by atoms with Crippen LogP contribution in [0.3, 0.4) is 0 Å². The molecule has 1 saturated carbocycles. The number of ether oxygens (including phenoxy) is 1. The fourth-order valence-electron chi connectivity index (χ4n) is 2.04. The lowest BCUT2D eigenvalue weighted by atomic mass is 10.2. The third-order valence-corrected chi connectivity index (χ3v) is 3.65. The zero-order valence-corrected chi connectivity index (χ0v) is 12.2. The minimum Gasteiger partial charge on any atom is -0.479 e. The SMILES string of the molecule is O=C(O)COc1cc(C2CC2)n(-c2ccc(Br)cc2)n1. The summed E-state index contributed by atoms with van der Waals surface area (Å²) < 4.78 is 8.01. The standard InChI is InChI=1S/C14H13BrN2O3/c15-10-3-5-11(6-4-10)17-12(9-1-2-9)7-13(16-17)20-8-14(18)19/h3-7,9H,1-2,8H2,(H,18,19). The van der Waals surface area contributed by atoms with Gasteiger partial charge in [-0.25, -0.2) is 9.48 Å². The van der Waals surface area contributed by atoms with Crippen LogP contribution in [0.4, 0.5) is 0 Å². The van der Waals surface area contributed by atoms with Crippen LogP contribution in [0.2, 0.25) is 0 Å². The maximum atomic E-state index is 10.6. The molecule has 2 aromatic rings. The number of rotatable bonds is 5. The van der Waals surface area contributed by atoms with Crippen LogP contribution >= 0.6 is 15.9 Å². The molecule has 104 valence electrons. The van der Waals surface area contributed by atoms with E-state index in [-0.39, 0.29) is 6.61 Å². The molecule has 0 unspecified atom stereocenters. The van der Waals surface area contributed by atoms with E-state index in [0.29, 0.717) is 11.8 Å². The summed E-state index contributed by atoms with van der Waals surface area (Å²) in [7, 11) is 0. The predicted octanol–water partition coefficient (Wildman–Crippen LogP) is 2.98. The van der Waals surface area contributed by atoms with Gasteiger partial charge in [0.2, 0.25) is 5.88 Å². The Balaban J connectivity index is 1.91. The Morgan fingerprint density at radius 3 is 2.70 bits per heavy atom.